The van der Waals surface area contributed by atoms with Gasteiger partial charge in [0.05, 0.1) is 18.5 Å². The van der Waals surface area contributed by atoms with Gasteiger partial charge < -0.3 is 10.6 Å². The lowest BCUT2D eigenvalue weighted by Crippen LogP contribution is -2.39. The Labute approximate surface area is 142 Å². The van der Waals surface area contributed by atoms with Crippen LogP contribution in [0.2, 0.25) is 0 Å². The number of amides is 2. The van der Waals surface area contributed by atoms with Gasteiger partial charge in [0.1, 0.15) is 0 Å². The van der Waals surface area contributed by atoms with Crippen LogP contribution in [0.15, 0.2) is 18.2 Å². The Morgan fingerprint density at radius 2 is 2.00 bits per heavy atom. The fraction of sp³-hybridized carbons (Fsp3) is 0.500. The van der Waals surface area contributed by atoms with Gasteiger partial charge in [-0.1, -0.05) is 0 Å². The Morgan fingerprint density at radius 3 is 2.58 bits per heavy atom. The molecule has 0 saturated heterocycles. The van der Waals surface area contributed by atoms with Gasteiger partial charge in [-0.05, 0) is 51.0 Å². The van der Waals surface area contributed by atoms with Crippen molar-refractivity contribution in [1.29, 1.82) is 0 Å². The van der Waals surface area contributed by atoms with E-state index in [-0.39, 0.29) is 30.4 Å². The lowest BCUT2D eigenvalue weighted by atomic mass is 10.1. The summed E-state index contributed by atoms with van der Waals surface area (Å²) >= 11 is 0. The highest BCUT2D eigenvalue weighted by atomic mass is 32.2. The van der Waals surface area contributed by atoms with E-state index in [2.05, 4.69) is 10.6 Å². The first kappa shape index (κ1) is 18.3. The molecule has 2 N–H and O–H groups in total. The minimum Gasteiger partial charge on any atom is -0.352 e. The van der Waals surface area contributed by atoms with Crippen LogP contribution in [0.1, 0.15) is 36.7 Å². The van der Waals surface area contributed by atoms with Gasteiger partial charge in [0.2, 0.25) is 15.9 Å². The van der Waals surface area contributed by atoms with Gasteiger partial charge in [-0.2, -0.15) is 0 Å². The highest BCUT2D eigenvalue weighted by Gasteiger charge is 2.32. The van der Waals surface area contributed by atoms with Crippen molar-refractivity contribution in [2.24, 2.45) is 0 Å². The van der Waals surface area contributed by atoms with Crippen LogP contribution >= 0.6 is 0 Å². The molecule has 0 aliphatic carbocycles. The fourth-order valence-electron chi connectivity index (χ4n) is 2.88. The van der Waals surface area contributed by atoms with E-state index in [9.17, 15) is 18.0 Å². The summed E-state index contributed by atoms with van der Waals surface area (Å²) < 4.78 is 25.2. The summed E-state index contributed by atoms with van der Waals surface area (Å²) in [6.07, 6.45) is 1.73. The number of hydrogen-bond donors (Lipinski definition) is 2. The van der Waals surface area contributed by atoms with E-state index in [1.807, 2.05) is 20.8 Å². The smallest absolute Gasteiger partial charge is 0.251 e. The first-order valence-corrected chi connectivity index (χ1v) is 9.64. The van der Waals surface area contributed by atoms with Gasteiger partial charge in [0, 0.05) is 17.6 Å². The van der Waals surface area contributed by atoms with Crippen molar-refractivity contribution in [2.75, 3.05) is 17.1 Å². The Balaban J connectivity index is 2.11. The van der Waals surface area contributed by atoms with E-state index in [0.29, 0.717) is 17.7 Å². The zero-order valence-corrected chi connectivity index (χ0v) is 15.1. The second-order valence-electron chi connectivity index (χ2n) is 6.36. The Bertz CT molecular complexity index is 759. The van der Waals surface area contributed by atoms with Crippen molar-refractivity contribution < 1.29 is 18.0 Å². The third-order valence-corrected chi connectivity index (χ3v) is 4.98. The molecule has 0 saturated carbocycles. The van der Waals surface area contributed by atoms with Crippen molar-refractivity contribution in [3.63, 3.8) is 0 Å². The molecule has 2 amide bonds. The monoisotopic (exact) mass is 353 g/mol. The van der Waals surface area contributed by atoms with Crippen LogP contribution in [0, 0.1) is 0 Å². The summed E-state index contributed by atoms with van der Waals surface area (Å²) in [4.78, 5) is 23.7. The van der Waals surface area contributed by atoms with E-state index in [1.54, 1.807) is 18.2 Å². The van der Waals surface area contributed by atoms with Crippen molar-refractivity contribution in [2.45, 2.75) is 39.3 Å². The Morgan fingerprint density at radius 1 is 1.33 bits per heavy atom. The molecule has 0 radical (unpaired) electrons. The number of nitrogens with one attached hydrogen (secondary N) is 2. The van der Waals surface area contributed by atoms with E-state index < -0.39 is 10.0 Å². The molecule has 0 spiro atoms. The standard InChI is InChI=1S/C16H23N3O4S/c1-10(2)18-15(20)9-17-16(21)12-5-6-14-13(8-12)7-11(3)19(14)24(4,22)23/h5-6,8,10-11H,7,9H2,1-4H3,(H,17,21)(H,18,20)/t11-/m1/s1. The Hall–Kier alpha value is -2.09. The van der Waals surface area contributed by atoms with Gasteiger partial charge in [-0.25, -0.2) is 8.42 Å². The zero-order chi connectivity index (χ0) is 18.1. The molecule has 7 nitrogen and oxygen atoms in total. The zero-order valence-electron chi connectivity index (χ0n) is 14.3. The quantitative estimate of drug-likeness (QED) is 0.812. The molecule has 1 aliphatic rings. The molecule has 8 heteroatoms. The van der Waals surface area contributed by atoms with E-state index in [1.165, 1.54) is 10.6 Å². The Kier molecular flexibility index (Phi) is 5.17. The van der Waals surface area contributed by atoms with Crippen molar-refractivity contribution in [3.8, 4) is 0 Å². The number of carbonyl (C=O) groups is 2. The molecule has 24 heavy (non-hydrogen) atoms. The summed E-state index contributed by atoms with van der Waals surface area (Å²) in [5, 5.41) is 5.26. The van der Waals surface area contributed by atoms with Gasteiger partial charge in [-0.3, -0.25) is 13.9 Å². The molecule has 1 heterocycles. The lowest BCUT2D eigenvalue weighted by molar-refractivity contribution is -0.120. The maximum absolute atomic E-state index is 12.2. The summed E-state index contributed by atoms with van der Waals surface area (Å²) in [7, 11) is -3.35. The lowest BCUT2D eigenvalue weighted by Gasteiger charge is -2.21. The van der Waals surface area contributed by atoms with E-state index in [0.717, 1.165) is 5.56 Å². The number of rotatable bonds is 5. The third kappa shape index (κ3) is 4.05. The minimum absolute atomic E-state index is 0.0119. The normalized spacial score (nSPS) is 16.9. The predicted octanol–water partition coefficient (Wildman–Crippen LogP) is 0.652. The number of nitrogens with zero attached hydrogens (tertiary/aromatic N) is 1. The molecule has 0 unspecified atom stereocenters. The minimum atomic E-state index is -3.35. The van der Waals surface area contributed by atoms with Crippen molar-refractivity contribution in [3.05, 3.63) is 29.3 Å². The van der Waals surface area contributed by atoms with Crippen LogP contribution in [0.25, 0.3) is 0 Å². The average molecular weight is 353 g/mol. The van der Waals surface area contributed by atoms with Crippen molar-refractivity contribution in [1.82, 2.24) is 10.6 Å². The van der Waals surface area contributed by atoms with Crippen LogP contribution in [-0.4, -0.2) is 45.1 Å². The second-order valence-corrected chi connectivity index (χ2v) is 8.22. The third-order valence-electron chi connectivity index (χ3n) is 3.71. The summed E-state index contributed by atoms with van der Waals surface area (Å²) in [5.74, 6) is -0.612. The molecule has 0 aromatic heterocycles. The maximum Gasteiger partial charge on any atom is 0.251 e. The summed E-state index contributed by atoms with van der Waals surface area (Å²) in [5.41, 5.74) is 1.83. The highest BCUT2D eigenvalue weighted by molar-refractivity contribution is 7.92. The van der Waals surface area contributed by atoms with Gasteiger partial charge >= 0.3 is 0 Å². The first-order valence-electron chi connectivity index (χ1n) is 7.79. The molecule has 0 bridgehead atoms. The predicted molar refractivity (Wildman–Crippen MR) is 92.5 cm³/mol. The molecule has 2 rings (SSSR count). The number of carbonyl (C=O) groups excluding carboxylic acids is 2. The number of fused-ring (bicyclic) bond motifs is 1. The van der Waals surface area contributed by atoms with Crippen LogP contribution in [-0.2, 0) is 21.2 Å². The molecule has 1 aromatic rings. The topological polar surface area (TPSA) is 95.6 Å². The molecule has 0 fully saturated rings. The second kappa shape index (κ2) is 6.80. The molecule has 1 atom stereocenters. The van der Waals surface area contributed by atoms with Gasteiger partial charge in [-0.15, -0.1) is 0 Å². The first-order chi connectivity index (χ1) is 11.1. The number of hydrogen-bond acceptors (Lipinski definition) is 4. The number of sulfonamides is 1. The van der Waals surface area contributed by atoms with Crippen LogP contribution in [0.3, 0.4) is 0 Å². The summed E-state index contributed by atoms with van der Waals surface area (Å²) in [6, 6.07) is 4.74. The molecular formula is C16H23N3O4S. The fourth-order valence-corrected chi connectivity index (χ4v) is 4.15. The molecule has 1 aliphatic heterocycles. The molecular weight excluding hydrogens is 330 g/mol. The maximum atomic E-state index is 12.2. The molecule has 1 aromatic carbocycles. The van der Waals surface area contributed by atoms with E-state index in [4.69, 9.17) is 0 Å². The average Bonchev–Trinajstić information content (AvgIpc) is 2.78. The highest BCUT2D eigenvalue weighted by Crippen LogP contribution is 2.34. The summed E-state index contributed by atoms with van der Waals surface area (Å²) in [6.45, 7) is 5.42. The van der Waals surface area contributed by atoms with E-state index >= 15 is 0 Å². The van der Waals surface area contributed by atoms with Crippen LogP contribution < -0.4 is 14.9 Å². The van der Waals surface area contributed by atoms with Crippen LogP contribution in [0.4, 0.5) is 5.69 Å². The number of benzene rings is 1. The van der Waals surface area contributed by atoms with Gasteiger partial charge in [0.15, 0.2) is 0 Å². The largest absolute Gasteiger partial charge is 0.352 e. The molecule has 132 valence electrons. The van der Waals surface area contributed by atoms with Crippen LogP contribution in [0.5, 0.6) is 0 Å². The number of anilines is 1. The van der Waals surface area contributed by atoms with Gasteiger partial charge in [0.25, 0.3) is 5.91 Å². The SMILES string of the molecule is CC(C)NC(=O)CNC(=O)c1ccc2c(c1)C[C@@H](C)N2S(C)(=O)=O. The van der Waals surface area contributed by atoms with Crippen molar-refractivity contribution >= 4 is 27.5 Å².